The molecule has 0 aromatic carbocycles. The van der Waals surface area contributed by atoms with E-state index < -0.39 is 8.80 Å². The van der Waals surface area contributed by atoms with Crippen LogP contribution in [0.25, 0.3) is 0 Å². The number of nitrogens with one attached hydrogen (secondary N) is 1. The zero-order valence-corrected chi connectivity index (χ0v) is 13.5. The summed E-state index contributed by atoms with van der Waals surface area (Å²) in [6, 6.07) is 0.885. The molecule has 0 fully saturated rings. The van der Waals surface area contributed by atoms with Gasteiger partial charge in [-0.3, -0.25) is 0 Å². The van der Waals surface area contributed by atoms with Gasteiger partial charge >= 0.3 is 8.80 Å². The minimum atomic E-state index is -2.22. The smallest absolute Gasteiger partial charge is 0.377 e. The van der Waals surface area contributed by atoms with Crippen molar-refractivity contribution in [1.29, 1.82) is 0 Å². The third-order valence-corrected chi connectivity index (χ3v) is 5.32. The zero-order valence-electron chi connectivity index (χ0n) is 12.5. The van der Waals surface area contributed by atoms with Gasteiger partial charge in [-0.2, -0.15) is 0 Å². The zero-order chi connectivity index (χ0) is 13.6. The van der Waals surface area contributed by atoms with Crippen molar-refractivity contribution in [3.05, 3.63) is 0 Å². The summed E-state index contributed by atoms with van der Waals surface area (Å²) in [5, 5.41) is 3.28. The maximum atomic E-state index is 5.17. The molecule has 0 radical (unpaired) electrons. The van der Waals surface area contributed by atoms with E-state index >= 15 is 0 Å². The van der Waals surface area contributed by atoms with Gasteiger partial charge in [0.05, 0.1) is 0 Å². The Labute approximate surface area is 108 Å². The quantitative estimate of drug-likeness (QED) is 0.514. The van der Waals surface area contributed by atoms with E-state index in [0.717, 1.165) is 12.5 Å². The van der Waals surface area contributed by atoms with Gasteiger partial charge in [0.25, 0.3) is 0 Å². The molecule has 0 atom stereocenters. The van der Waals surface area contributed by atoms with Crippen molar-refractivity contribution in [2.45, 2.75) is 46.1 Å². The average molecular weight is 265 g/mol. The Morgan fingerprint density at radius 2 is 1.18 bits per heavy atom. The van der Waals surface area contributed by atoms with Gasteiger partial charge in [-0.05, 0) is 25.9 Å². The Balaban J connectivity index is 0. The molecule has 106 valence electrons. The Morgan fingerprint density at radius 1 is 0.765 bits per heavy atom. The number of rotatable bonds is 9. The Kier molecular flexibility index (Phi) is 16.1. The van der Waals surface area contributed by atoms with Gasteiger partial charge in [-0.1, -0.05) is 27.2 Å². The molecule has 0 spiro atoms. The SMILES string of the molecule is CCCNCCC.CCC[Si](OC)(OC)OC. The molecule has 0 bridgehead atoms. The third-order valence-electron chi connectivity index (χ3n) is 2.34. The Morgan fingerprint density at radius 3 is 1.35 bits per heavy atom. The van der Waals surface area contributed by atoms with Crippen molar-refractivity contribution in [2.75, 3.05) is 34.4 Å². The molecule has 17 heavy (non-hydrogen) atoms. The largest absolute Gasteiger partial charge is 0.500 e. The molecular formula is C12H31NO3Si. The van der Waals surface area contributed by atoms with Crippen LogP contribution in [0, 0.1) is 0 Å². The van der Waals surface area contributed by atoms with Crippen LogP contribution in [-0.4, -0.2) is 43.2 Å². The van der Waals surface area contributed by atoms with E-state index in [0.29, 0.717) is 0 Å². The summed E-state index contributed by atoms with van der Waals surface area (Å²) in [6.45, 7) is 8.80. The fourth-order valence-electron chi connectivity index (χ4n) is 1.34. The lowest BCUT2D eigenvalue weighted by Crippen LogP contribution is -2.42. The van der Waals surface area contributed by atoms with Crippen molar-refractivity contribution in [2.24, 2.45) is 0 Å². The highest BCUT2D eigenvalue weighted by Crippen LogP contribution is 2.13. The first-order chi connectivity index (χ1) is 8.16. The molecule has 5 heteroatoms. The minimum absolute atomic E-state index is 0.885. The molecule has 0 amide bonds. The van der Waals surface area contributed by atoms with Crippen molar-refractivity contribution < 1.29 is 13.3 Å². The topological polar surface area (TPSA) is 39.7 Å². The molecule has 0 aliphatic rings. The molecule has 0 aliphatic heterocycles. The van der Waals surface area contributed by atoms with Crippen molar-refractivity contribution >= 4 is 8.80 Å². The second-order valence-corrected chi connectivity index (χ2v) is 6.89. The molecule has 0 aromatic rings. The molecule has 0 heterocycles. The predicted octanol–water partition coefficient (Wildman–Crippen LogP) is 2.67. The van der Waals surface area contributed by atoms with E-state index in [1.165, 1.54) is 25.9 Å². The predicted molar refractivity (Wildman–Crippen MR) is 75.3 cm³/mol. The van der Waals surface area contributed by atoms with Crippen LogP contribution in [0.3, 0.4) is 0 Å². The van der Waals surface area contributed by atoms with Gasteiger partial charge in [0.2, 0.25) is 0 Å². The first-order valence-corrected chi connectivity index (χ1v) is 8.45. The van der Waals surface area contributed by atoms with E-state index in [1.54, 1.807) is 21.3 Å². The lowest BCUT2D eigenvalue weighted by molar-refractivity contribution is 0.123. The normalized spacial score (nSPS) is 10.9. The van der Waals surface area contributed by atoms with Crippen LogP contribution in [0.1, 0.15) is 40.0 Å². The van der Waals surface area contributed by atoms with E-state index in [2.05, 4.69) is 26.1 Å². The molecule has 1 N–H and O–H groups in total. The number of hydrogen-bond donors (Lipinski definition) is 1. The van der Waals surface area contributed by atoms with Gasteiger partial charge in [0.1, 0.15) is 0 Å². The standard InChI is InChI=1S/C6H15N.C6H16O3Si/c1-3-5-7-6-4-2;1-5-6-10(7-2,8-3)9-4/h7H,3-6H2,1-2H3;5-6H2,1-4H3. The third kappa shape index (κ3) is 10.9. The van der Waals surface area contributed by atoms with Crippen molar-refractivity contribution in [1.82, 2.24) is 5.32 Å². The van der Waals surface area contributed by atoms with Crippen molar-refractivity contribution in [3.8, 4) is 0 Å². The van der Waals surface area contributed by atoms with Gasteiger partial charge < -0.3 is 18.6 Å². The van der Waals surface area contributed by atoms with E-state index in [9.17, 15) is 0 Å². The highest BCUT2D eigenvalue weighted by atomic mass is 28.4. The van der Waals surface area contributed by atoms with Gasteiger partial charge in [0.15, 0.2) is 0 Å². The molecule has 0 aromatic heterocycles. The molecule has 0 aliphatic carbocycles. The molecule has 0 unspecified atom stereocenters. The first kappa shape index (κ1) is 19.4. The van der Waals surface area contributed by atoms with Crippen LogP contribution in [0.5, 0.6) is 0 Å². The minimum Gasteiger partial charge on any atom is -0.377 e. The average Bonchev–Trinajstić information content (AvgIpc) is 2.38. The van der Waals surface area contributed by atoms with Gasteiger partial charge in [0, 0.05) is 27.4 Å². The Bertz CT molecular complexity index is 131. The maximum absolute atomic E-state index is 5.17. The lowest BCUT2D eigenvalue weighted by atomic mass is 10.4. The lowest BCUT2D eigenvalue weighted by Gasteiger charge is -2.23. The molecule has 4 nitrogen and oxygen atoms in total. The fraction of sp³-hybridized carbons (Fsp3) is 1.00. The van der Waals surface area contributed by atoms with Gasteiger partial charge in [-0.15, -0.1) is 0 Å². The van der Waals surface area contributed by atoms with Crippen molar-refractivity contribution in [3.63, 3.8) is 0 Å². The van der Waals surface area contributed by atoms with Crippen LogP contribution in [0.4, 0.5) is 0 Å². The summed E-state index contributed by atoms with van der Waals surface area (Å²) in [5.41, 5.74) is 0. The summed E-state index contributed by atoms with van der Waals surface area (Å²) in [7, 11) is 2.68. The monoisotopic (exact) mass is 265 g/mol. The molecule has 0 saturated carbocycles. The van der Waals surface area contributed by atoms with Crippen LogP contribution >= 0.6 is 0 Å². The van der Waals surface area contributed by atoms with Crippen LogP contribution in [0.2, 0.25) is 6.04 Å². The van der Waals surface area contributed by atoms with E-state index in [-0.39, 0.29) is 0 Å². The maximum Gasteiger partial charge on any atom is 0.500 e. The van der Waals surface area contributed by atoms with Crippen LogP contribution in [0.15, 0.2) is 0 Å². The van der Waals surface area contributed by atoms with E-state index in [1.807, 2.05) is 0 Å². The summed E-state index contributed by atoms with van der Waals surface area (Å²) in [5.74, 6) is 0. The summed E-state index contributed by atoms with van der Waals surface area (Å²) in [6.07, 6.45) is 3.53. The Hall–Kier alpha value is 0.0569. The number of hydrogen-bond acceptors (Lipinski definition) is 4. The highest BCUT2D eigenvalue weighted by molar-refractivity contribution is 6.60. The summed E-state index contributed by atoms with van der Waals surface area (Å²) in [4.78, 5) is 0. The van der Waals surface area contributed by atoms with E-state index in [4.69, 9.17) is 13.3 Å². The summed E-state index contributed by atoms with van der Waals surface area (Å²) >= 11 is 0. The summed E-state index contributed by atoms with van der Waals surface area (Å²) < 4.78 is 15.5. The molecular weight excluding hydrogens is 234 g/mol. The van der Waals surface area contributed by atoms with Crippen LogP contribution < -0.4 is 5.32 Å². The molecule has 0 saturated heterocycles. The highest BCUT2D eigenvalue weighted by Gasteiger charge is 2.36. The first-order valence-electron chi connectivity index (χ1n) is 6.52. The second kappa shape index (κ2) is 14.1. The van der Waals surface area contributed by atoms with Crippen LogP contribution in [-0.2, 0) is 13.3 Å². The van der Waals surface area contributed by atoms with Gasteiger partial charge in [-0.25, -0.2) is 0 Å². The molecule has 0 rings (SSSR count). The second-order valence-electron chi connectivity index (χ2n) is 3.80. The fourth-order valence-corrected chi connectivity index (χ4v) is 3.07.